The number of aromatic nitrogens is 1. The molecule has 1 aromatic rings. The fourth-order valence-electron chi connectivity index (χ4n) is 3.44. The highest BCUT2D eigenvalue weighted by Crippen LogP contribution is 2.26. The van der Waals surface area contributed by atoms with Gasteiger partial charge in [-0.1, -0.05) is 37.6 Å². The Bertz CT molecular complexity index is 711. The fourth-order valence-corrected chi connectivity index (χ4v) is 3.44. The summed E-state index contributed by atoms with van der Waals surface area (Å²) in [6, 6.07) is 6.08. The zero-order valence-electron chi connectivity index (χ0n) is 17.7. The van der Waals surface area contributed by atoms with Crippen LogP contribution in [0.2, 0.25) is 0 Å². The average Bonchev–Trinajstić information content (AvgIpc) is 2.71. The second-order valence-corrected chi connectivity index (χ2v) is 7.39. The summed E-state index contributed by atoms with van der Waals surface area (Å²) in [7, 11) is 0. The maximum absolute atomic E-state index is 13.7. The number of rotatable bonds is 8. The molecule has 3 nitrogen and oxygen atoms in total. The predicted octanol–water partition coefficient (Wildman–Crippen LogP) is 6.15. The van der Waals surface area contributed by atoms with Crippen LogP contribution in [0.5, 0.6) is 0 Å². The smallest absolute Gasteiger partial charge is 0.128 e. The molecule has 1 fully saturated rings. The minimum atomic E-state index is -0.186. The molecular formula is C24H34FN3. The molecule has 4 heteroatoms. The minimum Gasteiger partial charge on any atom is -0.365 e. The average molecular weight is 384 g/mol. The SMILES string of the molecule is C/C=C\C(F)=C/C(C)/C(C)=C/N/C(=C\CC)C1CCN(c2ccccn2)CC1. The summed E-state index contributed by atoms with van der Waals surface area (Å²) in [5, 5.41) is 3.53. The van der Waals surface area contributed by atoms with E-state index in [4.69, 9.17) is 0 Å². The lowest BCUT2D eigenvalue weighted by Gasteiger charge is -2.34. The number of allylic oxidation sites excluding steroid dienone is 7. The normalized spacial score (nSPS) is 18.6. The molecule has 1 unspecified atom stereocenters. The van der Waals surface area contributed by atoms with Gasteiger partial charge in [0.25, 0.3) is 0 Å². The zero-order valence-corrected chi connectivity index (χ0v) is 17.7. The molecule has 152 valence electrons. The molecule has 2 rings (SSSR count). The van der Waals surface area contributed by atoms with Crippen LogP contribution in [0.15, 0.2) is 72.0 Å². The van der Waals surface area contributed by atoms with Crippen LogP contribution in [0.3, 0.4) is 0 Å². The highest BCUT2D eigenvalue weighted by Gasteiger charge is 2.22. The van der Waals surface area contributed by atoms with Gasteiger partial charge < -0.3 is 10.2 Å². The van der Waals surface area contributed by atoms with Crippen molar-refractivity contribution in [1.29, 1.82) is 0 Å². The van der Waals surface area contributed by atoms with Crippen LogP contribution in [0, 0.1) is 11.8 Å². The fraction of sp³-hybridized carbons (Fsp3) is 0.458. The van der Waals surface area contributed by atoms with E-state index in [1.165, 1.54) is 11.8 Å². The highest BCUT2D eigenvalue weighted by molar-refractivity contribution is 5.38. The Balaban J connectivity index is 1.97. The van der Waals surface area contributed by atoms with E-state index >= 15 is 0 Å². The molecule has 1 saturated heterocycles. The quantitative estimate of drug-likeness (QED) is 0.546. The second kappa shape index (κ2) is 11.5. The van der Waals surface area contributed by atoms with Crippen molar-refractivity contribution in [2.24, 2.45) is 11.8 Å². The Labute approximate surface area is 169 Å². The van der Waals surface area contributed by atoms with Crippen LogP contribution in [-0.2, 0) is 0 Å². The summed E-state index contributed by atoms with van der Waals surface area (Å²) in [5.74, 6) is 1.45. The standard InChI is InChI=1S/C24H34FN3/c1-5-9-22(25)17-19(3)20(4)18-27-23(10-6-2)21-12-15-28(16-13-21)24-11-7-8-14-26-24/h5,7-11,14,17-19,21,27H,6,12-13,15-16H2,1-4H3/b9-5-,20-18+,22-17+,23-10-. The first-order valence-corrected chi connectivity index (χ1v) is 10.3. The Kier molecular flexibility index (Phi) is 8.99. The summed E-state index contributed by atoms with van der Waals surface area (Å²) in [6.45, 7) is 10.1. The van der Waals surface area contributed by atoms with Gasteiger partial charge in [0, 0.05) is 37.1 Å². The van der Waals surface area contributed by atoms with Crippen LogP contribution in [0.25, 0.3) is 0 Å². The van der Waals surface area contributed by atoms with Gasteiger partial charge in [0.2, 0.25) is 0 Å². The molecule has 0 amide bonds. The monoisotopic (exact) mass is 383 g/mol. The zero-order chi connectivity index (χ0) is 20.4. The van der Waals surface area contributed by atoms with Crippen LogP contribution in [0.1, 0.15) is 47.0 Å². The van der Waals surface area contributed by atoms with Crippen molar-refractivity contribution in [3.63, 3.8) is 0 Å². The van der Waals surface area contributed by atoms with Crippen LogP contribution >= 0.6 is 0 Å². The van der Waals surface area contributed by atoms with Gasteiger partial charge in [-0.05, 0) is 63.3 Å². The van der Waals surface area contributed by atoms with E-state index in [0.29, 0.717) is 5.92 Å². The summed E-state index contributed by atoms with van der Waals surface area (Å²) in [6.07, 6.45) is 14.3. The number of nitrogens with one attached hydrogen (secondary N) is 1. The summed E-state index contributed by atoms with van der Waals surface area (Å²) >= 11 is 0. The lowest BCUT2D eigenvalue weighted by molar-refractivity contribution is 0.442. The third-order valence-corrected chi connectivity index (χ3v) is 5.25. The highest BCUT2D eigenvalue weighted by atomic mass is 19.1. The van der Waals surface area contributed by atoms with Crippen molar-refractivity contribution >= 4 is 5.82 Å². The molecule has 1 aliphatic rings. The maximum atomic E-state index is 13.7. The van der Waals surface area contributed by atoms with Gasteiger partial charge >= 0.3 is 0 Å². The van der Waals surface area contributed by atoms with Crippen molar-refractivity contribution < 1.29 is 4.39 Å². The number of nitrogens with zero attached hydrogens (tertiary/aromatic N) is 2. The van der Waals surface area contributed by atoms with Crippen LogP contribution in [0.4, 0.5) is 10.2 Å². The molecule has 0 saturated carbocycles. The molecule has 0 radical (unpaired) electrons. The maximum Gasteiger partial charge on any atom is 0.128 e. The van der Waals surface area contributed by atoms with Crippen molar-refractivity contribution in [1.82, 2.24) is 10.3 Å². The molecule has 2 heterocycles. The van der Waals surface area contributed by atoms with Gasteiger partial charge in [0.05, 0.1) is 0 Å². The molecule has 1 atom stereocenters. The van der Waals surface area contributed by atoms with Crippen LogP contribution < -0.4 is 10.2 Å². The Morgan fingerprint density at radius 2 is 2.11 bits per heavy atom. The molecule has 1 aliphatic heterocycles. The van der Waals surface area contributed by atoms with Crippen molar-refractivity contribution in [3.8, 4) is 0 Å². The number of piperidine rings is 1. The third kappa shape index (κ3) is 6.66. The molecule has 28 heavy (non-hydrogen) atoms. The number of hydrogen-bond acceptors (Lipinski definition) is 3. The van der Waals surface area contributed by atoms with E-state index in [1.54, 1.807) is 12.2 Å². The first-order valence-electron chi connectivity index (χ1n) is 10.3. The minimum absolute atomic E-state index is 0.0533. The number of pyridine rings is 1. The third-order valence-electron chi connectivity index (χ3n) is 5.25. The van der Waals surface area contributed by atoms with Gasteiger partial charge in [-0.2, -0.15) is 0 Å². The molecule has 1 N–H and O–H groups in total. The Hall–Kier alpha value is -2.36. The van der Waals surface area contributed by atoms with E-state index in [-0.39, 0.29) is 11.7 Å². The molecule has 0 bridgehead atoms. The van der Waals surface area contributed by atoms with Crippen molar-refractivity contribution in [2.75, 3.05) is 18.0 Å². The molecular weight excluding hydrogens is 349 g/mol. The Morgan fingerprint density at radius 3 is 2.71 bits per heavy atom. The van der Waals surface area contributed by atoms with Gasteiger partial charge in [-0.15, -0.1) is 0 Å². The first-order chi connectivity index (χ1) is 13.5. The van der Waals surface area contributed by atoms with Gasteiger partial charge in [0.1, 0.15) is 11.6 Å². The van der Waals surface area contributed by atoms with Crippen molar-refractivity contribution in [2.45, 2.75) is 47.0 Å². The van der Waals surface area contributed by atoms with E-state index in [9.17, 15) is 4.39 Å². The summed E-state index contributed by atoms with van der Waals surface area (Å²) in [4.78, 5) is 6.83. The number of hydrogen-bond donors (Lipinski definition) is 1. The first kappa shape index (κ1) is 21.9. The second-order valence-electron chi connectivity index (χ2n) is 7.39. The summed E-state index contributed by atoms with van der Waals surface area (Å²) in [5.41, 5.74) is 2.40. The van der Waals surface area contributed by atoms with E-state index < -0.39 is 0 Å². The topological polar surface area (TPSA) is 28.2 Å². The van der Waals surface area contributed by atoms with E-state index in [0.717, 1.165) is 43.7 Å². The molecule has 0 spiro atoms. The van der Waals surface area contributed by atoms with E-state index in [1.807, 2.05) is 45.3 Å². The van der Waals surface area contributed by atoms with Crippen molar-refractivity contribution in [3.05, 3.63) is 72.0 Å². The summed E-state index contributed by atoms with van der Waals surface area (Å²) < 4.78 is 13.7. The van der Waals surface area contributed by atoms with Gasteiger partial charge in [0.15, 0.2) is 0 Å². The van der Waals surface area contributed by atoms with Gasteiger partial charge in [-0.3, -0.25) is 0 Å². The Morgan fingerprint density at radius 1 is 1.36 bits per heavy atom. The lowest BCUT2D eigenvalue weighted by atomic mass is 9.92. The lowest BCUT2D eigenvalue weighted by Crippen LogP contribution is -2.36. The predicted molar refractivity (Wildman–Crippen MR) is 118 cm³/mol. The van der Waals surface area contributed by atoms with Gasteiger partial charge in [-0.25, -0.2) is 9.37 Å². The number of anilines is 1. The molecule has 0 aliphatic carbocycles. The number of halogens is 1. The largest absolute Gasteiger partial charge is 0.365 e. The van der Waals surface area contributed by atoms with E-state index in [2.05, 4.69) is 34.3 Å². The van der Waals surface area contributed by atoms with Crippen LogP contribution in [-0.4, -0.2) is 18.1 Å². The molecule has 1 aromatic heterocycles. The molecule has 0 aromatic carbocycles.